The van der Waals surface area contributed by atoms with Gasteiger partial charge in [-0.25, -0.2) is 14.4 Å². The summed E-state index contributed by atoms with van der Waals surface area (Å²) in [6.45, 7) is 0. The Bertz CT molecular complexity index is 1110. The zero-order valence-electron chi connectivity index (χ0n) is 17.7. The molecule has 0 fully saturated rings. The summed E-state index contributed by atoms with van der Waals surface area (Å²) in [6.07, 6.45) is 6.41. The monoisotopic (exact) mass is 435 g/mol. The number of nitrogens with zero attached hydrogens (tertiary/aromatic N) is 1. The van der Waals surface area contributed by atoms with Crippen LogP contribution in [0.5, 0.6) is 11.5 Å². The van der Waals surface area contributed by atoms with Crippen LogP contribution in [0.1, 0.15) is 10.4 Å². The lowest BCUT2D eigenvalue weighted by molar-refractivity contribution is -0.139. The smallest absolute Gasteiger partial charge is 0.355 e. The number of anilines is 1. The lowest BCUT2D eigenvalue weighted by Gasteiger charge is -2.23. The van der Waals surface area contributed by atoms with Crippen molar-refractivity contribution in [2.24, 2.45) is 0 Å². The molecule has 0 aliphatic carbocycles. The van der Waals surface area contributed by atoms with Crippen LogP contribution < -0.4 is 9.64 Å². The van der Waals surface area contributed by atoms with Crippen LogP contribution in [0.3, 0.4) is 0 Å². The van der Waals surface area contributed by atoms with E-state index in [1.54, 1.807) is 66.9 Å². The van der Waals surface area contributed by atoms with Crippen molar-refractivity contribution < 1.29 is 33.3 Å². The zero-order chi connectivity index (χ0) is 23.1. The number of benzene rings is 2. The molecular weight excluding hydrogens is 414 g/mol. The van der Waals surface area contributed by atoms with Gasteiger partial charge in [0, 0.05) is 11.9 Å². The fourth-order valence-electron chi connectivity index (χ4n) is 3.00. The van der Waals surface area contributed by atoms with Crippen LogP contribution in [0.2, 0.25) is 0 Å². The van der Waals surface area contributed by atoms with E-state index < -0.39 is 17.9 Å². The van der Waals surface area contributed by atoms with Gasteiger partial charge in [-0.15, -0.1) is 0 Å². The van der Waals surface area contributed by atoms with Crippen molar-refractivity contribution in [2.75, 3.05) is 26.2 Å². The van der Waals surface area contributed by atoms with Crippen LogP contribution in [0.25, 0.3) is 0 Å². The number of hydrogen-bond donors (Lipinski definition) is 0. The normalized spacial score (nSPS) is 12.8. The molecule has 2 aromatic rings. The Hall–Kier alpha value is -4.33. The molecule has 1 aliphatic heterocycles. The van der Waals surface area contributed by atoms with Gasteiger partial charge in [0.1, 0.15) is 22.8 Å². The molecule has 0 bridgehead atoms. The van der Waals surface area contributed by atoms with E-state index in [0.717, 1.165) is 0 Å². The molecule has 0 N–H and O–H groups in total. The average molecular weight is 435 g/mol. The Labute approximate surface area is 184 Å². The number of para-hydroxylation sites is 1. The van der Waals surface area contributed by atoms with Gasteiger partial charge in [0.05, 0.1) is 26.9 Å². The van der Waals surface area contributed by atoms with Crippen molar-refractivity contribution in [3.05, 3.63) is 89.8 Å². The molecule has 0 saturated carbocycles. The molecule has 2 aromatic carbocycles. The first kappa shape index (κ1) is 22.4. The molecule has 8 nitrogen and oxygen atoms in total. The molecule has 8 heteroatoms. The minimum atomic E-state index is -0.700. The van der Waals surface area contributed by atoms with E-state index >= 15 is 0 Å². The fraction of sp³-hybridized carbons (Fsp3) is 0.125. The molecule has 1 aliphatic rings. The SMILES string of the molecule is COC(=O)C1=C(C(=O)OC)N(c2ccc(Oc3ccccc3C(=O)OC)cc2)C=CC=C1. The number of carbonyl (C=O) groups excluding carboxylic acids is 3. The lowest BCUT2D eigenvalue weighted by atomic mass is 10.1. The molecular formula is C24H21NO7. The van der Waals surface area contributed by atoms with Crippen molar-refractivity contribution >= 4 is 23.6 Å². The highest BCUT2D eigenvalue weighted by Crippen LogP contribution is 2.30. The van der Waals surface area contributed by atoms with Gasteiger partial charge in [-0.05, 0) is 48.6 Å². The third-order valence-corrected chi connectivity index (χ3v) is 4.52. The maximum atomic E-state index is 12.5. The maximum Gasteiger partial charge on any atom is 0.355 e. The Morgan fingerprint density at radius 3 is 2.06 bits per heavy atom. The molecule has 0 radical (unpaired) electrons. The molecule has 0 aromatic heterocycles. The highest BCUT2D eigenvalue weighted by molar-refractivity contribution is 6.05. The third-order valence-electron chi connectivity index (χ3n) is 4.52. The van der Waals surface area contributed by atoms with Gasteiger partial charge in [-0.1, -0.05) is 18.2 Å². The fourth-order valence-corrected chi connectivity index (χ4v) is 3.00. The van der Waals surface area contributed by atoms with E-state index in [0.29, 0.717) is 22.7 Å². The van der Waals surface area contributed by atoms with Crippen LogP contribution in [0, 0.1) is 0 Å². The topological polar surface area (TPSA) is 91.4 Å². The predicted molar refractivity (Wildman–Crippen MR) is 116 cm³/mol. The summed E-state index contributed by atoms with van der Waals surface area (Å²) in [5, 5.41) is 0. The molecule has 0 saturated heterocycles. The highest BCUT2D eigenvalue weighted by atomic mass is 16.5. The molecule has 0 unspecified atom stereocenters. The van der Waals surface area contributed by atoms with Gasteiger partial charge in [-0.3, -0.25) is 0 Å². The number of rotatable bonds is 6. The van der Waals surface area contributed by atoms with E-state index in [4.69, 9.17) is 18.9 Å². The van der Waals surface area contributed by atoms with Crippen molar-refractivity contribution in [2.45, 2.75) is 0 Å². The third kappa shape index (κ3) is 4.70. The maximum absolute atomic E-state index is 12.5. The molecule has 3 rings (SSSR count). The van der Waals surface area contributed by atoms with Crippen LogP contribution in [-0.4, -0.2) is 39.2 Å². The number of hydrogen-bond acceptors (Lipinski definition) is 8. The quantitative estimate of drug-likeness (QED) is 0.500. The van der Waals surface area contributed by atoms with Crippen molar-refractivity contribution in [3.8, 4) is 11.5 Å². The summed E-state index contributed by atoms with van der Waals surface area (Å²) in [7, 11) is 3.77. The van der Waals surface area contributed by atoms with E-state index in [1.165, 1.54) is 32.3 Å². The second-order valence-electron chi connectivity index (χ2n) is 6.40. The molecule has 1 heterocycles. The Morgan fingerprint density at radius 2 is 1.41 bits per heavy atom. The van der Waals surface area contributed by atoms with Gasteiger partial charge in [-0.2, -0.15) is 0 Å². The predicted octanol–water partition coefficient (Wildman–Crippen LogP) is 3.76. The van der Waals surface area contributed by atoms with E-state index in [9.17, 15) is 14.4 Å². The first-order chi connectivity index (χ1) is 15.5. The van der Waals surface area contributed by atoms with Crippen molar-refractivity contribution in [1.82, 2.24) is 0 Å². The van der Waals surface area contributed by atoms with Gasteiger partial charge in [0.25, 0.3) is 0 Å². The van der Waals surface area contributed by atoms with Crippen molar-refractivity contribution in [1.29, 1.82) is 0 Å². The first-order valence-electron chi connectivity index (χ1n) is 9.50. The summed E-state index contributed by atoms with van der Waals surface area (Å²) in [6, 6.07) is 13.4. The van der Waals surface area contributed by atoms with E-state index in [2.05, 4.69) is 0 Å². The molecule has 0 atom stereocenters. The Balaban J connectivity index is 1.95. The highest BCUT2D eigenvalue weighted by Gasteiger charge is 2.27. The zero-order valence-corrected chi connectivity index (χ0v) is 17.7. The number of allylic oxidation sites excluding steroid dienone is 2. The molecule has 164 valence electrons. The van der Waals surface area contributed by atoms with Crippen LogP contribution in [0.15, 0.2) is 84.2 Å². The summed E-state index contributed by atoms with van der Waals surface area (Å²) < 4.78 is 20.3. The van der Waals surface area contributed by atoms with Gasteiger partial charge < -0.3 is 23.8 Å². The number of ether oxygens (including phenoxy) is 4. The number of carbonyl (C=O) groups is 3. The van der Waals surface area contributed by atoms with Crippen LogP contribution in [0.4, 0.5) is 5.69 Å². The first-order valence-corrected chi connectivity index (χ1v) is 9.50. The number of esters is 3. The molecule has 32 heavy (non-hydrogen) atoms. The minimum Gasteiger partial charge on any atom is -0.465 e. The standard InChI is InChI=1S/C24H21NO7/c1-29-22(26)18-8-4-5-10-20(18)32-17-13-11-16(12-14-17)25-15-7-6-9-19(23(27)30-2)21(25)24(28)31-3/h4-15H,1-3H3. The average Bonchev–Trinajstić information content (AvgIpc) is 3.06. The molecule has 0 spiro atoms. The Kier molecular flexibility index (Phi) is 7.07. The second kappa shape index (κ2) is 10.1. The largest absolute Gasteiger partial charge is 0.465 e. The second-order valence-corrected chi connectivity index (χ2v) is 6.40. The summed E-state index contributed by atoms with van der Waals surface area (Å²) in [5.41, 5.74) is 0.922. The summed E-state index contributed by atoms with van der Waals surface area (Å²) in [4.78, 5) is 38.2. The lowest BCUT2D eigenvalue weighted by Crippen LogP contribution is -2.26. The van der Waals surface area contributed by atoms with Gasteiger partial charge in [0.2, 0.25) is 0 Å². The minimum absolute atomic E-state index is 0.00838. The van der Waals surface area contributed by atoms with E-state index in [1.807, 2.05) is 0 Å². The van der Waals surface area contributed by atoms with Gasteiger partial charge >= 0.3 is 17.9 Å². The number of methoxy groups -OCH3 is 3. The van der Waals surface area contributed by atoms with Crippen molar-refractivity contribution in [3.63, 3.8) is 0 Å². The van der Waals surface area contributed by atoms with E-state index in [-0.39, 0.29) is 11.3 Å². The molecule has 0 amide bonds. The van der Waals surface area contributed by atoms with Gasteiger partial charge in [0.15, 0.2) is 0 Å². The summed E-state index contributed by atoms with van der Waals surface area (Å²) in [5.74, 6) is -1.08. The van der Waals surface area contributed by atoms with Crippen LogP contribution in [-0.2, 0) is 23.8 Å². The van der Waals surface area contributed by atoms with Crippen LogP contribution >= 0.6 is 0 Å². The summed E-state index contributed by atoms with van der Waals surface area (Å²) >= 11 is 0. The Morgan fingerprint density at radius 1 is 0.750 bits per heavy atom.